The van der Waals surface area contributed by atoms with E-state index in [0.29, 0.717) is 30.4 Å². The molecule has 3 heterocycles. The zero-order valence-electron chi connectivity index (χ0n) is 27.2. The van der Waals surface area contributed by atoms with E-state index in [1.54, 1.807) is 12.1 Å². The molecule has 1 aromatic rings. The smallest absolute Gasteiger partial charge is 0.410 e. The maximum Gasteiger partial charge on any atom is 0.410 e. The van der Waals surface area contributed by atoms with Crippen LogP contribution in [0.25, 0.3) is 0 Å². The van der Waals surface area contributed by atoms with Crippen LogP contribution >= 0.6 is 0 Å². The molecule has 5 N–H and O–H groups in total. The molecule has 262 valence electrons. The first-order chi connectivity index (χ1) is 22.9. The Morgan fingerprint density at radius 3 is 2.71 bits per heavy atom. The van der Waals surface area contributed by atoms with E-state index in [9.17, 15) is 32.0 Å². The van der Waals surface area contributed by atoms with Crippen LogP contribution < -0.4 is 15.8 Å². The van der Waals surface area contributed by atoms with Crippen molar-refractivity contribution < 1.29 is 47.2 Å². The number of allylic oxidation sites excluding steroid dienone is 1. The van der Waals surface area contributed by atoms with E-state index >= 15 is 0 Å². The van der Waals surface area contributed by atoms with Gasteiger partial charge in [0.25, 0.3) is 11.8 Å². The lowest BCUT2D eigenvalue weighted by Crippen LogP contribution is -2.69. The van der Waals surface area contributed by atoms with E-state index in [4.69, 9.17) is 9.47 Å². The molecule has 1 aromatic carbocycles. The summed E-state index contributed by atoms with van der Waals surface area (Å²) in [6.45, 7) is 0.254. The van der Waals surface area contributed by atoms with E-state index in [-0.39, 0.29) is 50.7 Å². The average Bonchev–Trinajstić information content (AvgIpc) is 3.97. The Morgan fingerprint density at radius 2 is 1.96 bits per heavy atom. The summed E-state index contributed by atoms with van der Waals surface area (Å²) in [6.07, 6.45) is 7.50. The number of sulfonamides is 1. The molecule has 5 aliphatic rings. The molecule has 13 nitrogen and oxygen atoms in total. The summed E-state index contributed by atoms with van der Waals surface area (Å²) in [4.78, 5) is 57.7. The normalized spacial score (nSPS) is 31.7. The third kappa shape index (κ3) is 6.95. The van der Waals surface area contributed by atoms with Crippen molar-refractivity contribution in [2.45, 2.75) is 99.2 Å². The maximum atomic E-state index is 14.6. The molecule has 2 aliphatic carbocycles. The van der Waals surface area contributed by atoms with Crippen molar-refractivity contribution in [1.82, 2.24) is 19.8 Å². The van der Waals surface area contributed by atoms with Crippen LogP contribution in [0.3, 0.4) is 0 Å². The third-order valence-corrected chi connectivity index (χ3v) is 12.1. The average molecular weight is 691 g/mol. The molecule has 1 saturated heterocycles. The molecular formula is C33H45FN5O8S+. The molecular weight excluding hydrogens is 645 g/mol. The van der Waals surface area contributed by atoms with Gasteiger partial charge in [0.1, 0.15) is 23.5 Å². The highest BCUT2D eigenvalue weighted by Crippen LogP contribution is 2.46. The van der Waals surface area contributed by atoms with Crippen LogP contribution in [0.15, 0.2) is 30.4 Å². The molecule has 0 bridgehead atoms. The highest BCUT2D eigenvalue weighted by Gasteiger charge is 2.62. The number of halogens is 1. The lowest BCUT2D eigenvalue weighted by atomic mass is 9.93. The van der Waals surface area contributed by atoms with Crippen LogP contribution in [0.2, 0.25) is 0 Å². The maximum absolute atomic E-state index is 14.6. The Balaban J connectivity index is 1.22. The molecule has 15 heteroatoms. The van der Waals surface area contributed by atoms with Gasteiger partial charge in [0, 0.05) is 32.4 Å². The predicted molar refractivity (Wildman–Crippen MR) is 170 cm³/mol. The fourth-order valence-electron chi connectivity index (χ4n) is 7.26. The van der Waals surface area contributed by atoms with Gasteiger partial charge in [0.2, 0.25) is 15.9 Å². The molecule has 2 unspecified atom stereocenters. The van der Waals surface area contributed by atoms with Gasteiger partial charge in [-0.1, -0.05) is 30.7 Å². The molecule has 3 aliphatic heterocycles. The van der Waals surface area contributed by atoms with Crippen LogP contribution in [0.5, 0.6) is 0 Å². The quantitative estimate of drug-likeness (QED) is 0.372. The molecule has 0 radical (unpaired) electrons. The van der Waals surface area contributed by atoms with Gasteiger partial charge in [-0.2, -0.15) is 0 Å². The van der Waals surface area contributed by atoms with Gasteiger partial charge < -0.3 is 25.4 Å². The first-order valence-corrected chi connectivity index (χ1v) is 18.4. The van der Waals surface area contributed by atoms with Crippen molar-refractivity contribution in [1.29, 1.82) is 0 Å². The van der Waals surface area contributed by atoms with E-state index < -0.39 is 68.9 Å². The predicted octanol–water partition coefficient (Wildman–Crippen LogP) is 1.09. The Morgan fingerprint density at radius 1 is 1.17 bits per heavy atom. The standard InChI is InChI=1S/C33H44FN5O8S/c1-46-19-28-24-9-7-10-25(34)23(24)14-15-38(28)32(43)47-21-16-27-29(40)36-33(31(42)37-48(44,45)22-12-13-22)17-20(33)8-5-3-2-4-6-11-26(35)30(41)39(27)18-21/h5,7-10,20-22,26-28H,2-4,6,11-19,35H2,1H3,(H,36,40)(H,37,42)/p+1/b8-5-/t20-,21+,26-,27?,28?,33+/m0/s1. The van der Waals surface area contributed by atoms with Gasteiger partial charge in [-0.25, -0.2) is 17.6 Å². The number of rotatable bonds is 6. The minimum atomic E-state index is -3.87. The second kappa shape index (κ2) is 13.7. The number of methoxy groups -OCH3 is 1. The van der Waals surface area contributed by atoms with Gasteiger partial charge in [0.15, 0.2) is 6.04 Å². The van der Waals surface area contributed by atoms with E-state index in [0.717, 1.165) is 25.7 Å². The summed E-state index contributed by atoms with van der Waals surface area (Å²) in [5.41, 5.74) is 3.75. The van der Waals surface area contributed by atoms with Crippen molar-refractivity contribution in [2.24, 2.45) is 5.92 Å². The molecule has 0 spiro atoms. The number of hydrogen-bond donors (Lipinski definition) is 3. The second-order valence-electron chi connectivity index (χ2n) is 13.7. The minimum absolute atomic E-state index is 0.0252. The van der Waals surface area contributed by atoms with E-state index in [1.165, 1.54) is 23.0 Å². The van der Waals surface area contributed by atoms with Gasteiger partial charge in [0.05, 0.1) is 24.4 Å². The Labute approximate surface area is 279 Å². The number of quaternary nitrogens is 1. The van der Waals surface area contributed by atoms with Gasteiger partial charge >= 0.3 is 6.09 Å². The number of ether oxygens (including phenoxy) is 2. The van der Waals surface area contributed by atoms with Crippen LogP contribution in [0.4, 0.5) is 9.18 Å². The first-order valence-electron chi connectivity index (χ1n) is 16.9. The van der Waals surface area contributed by atoms with E-state index in [2.05, 4.69) is 15.8 Å². The highest BCUT2D eigenvalue weighted by atomic mass is 32.2. The minimum Gasteiger partial charge on any atom is -0.444 e. The zero-order chi connectivity index (χ0) is 34.2. The first kappa shape index (κ1) is 34.3. The molecule has 48 heavy (non-hydrogen) atoms. The van der Waals surface area contributed by atoms with Crippen LogP contribution in [-0.4, -0.2) is 97.8 Å². The van der Waals surface area contributed by atoms with E-state index in [1.807, 2.05) is 12.2 Å². The number of hydrogen-bond acceptors (Lipinski definition) is 8. The summed E-state index contributed by atoms with van der Waals surface area (Å²) >= 11 is 0. The van der Waals surface area contributed by atoms with Gasteiger partial charge in [-0.3, -0.25) is 24.0 Å². The Bertz CT molecular complexity index is 1590. The number of carbonyl (C=O) groups excluding carboxylic acids is 4. The Hall–Kier alpha value is -3.56. The summed E-state index contributed by atoms with van der Waals surface area (Å²) in [5.74, 6) is -2.53. The fourth-order valence-corrected chi connectivity index (χ4v) is 8.63. The highest BCUT2D eigenvalue weighted by molar-refractivity contribution is 7.91. The molecule has 6 atom stereocenters. The topological polar surface area (TPSA) is 179 Å². The lowest BCUT2D eigenvalue weighted by Gasteiger charge is -2.36. The number of amides is 4. The molecule has 2 saturated carbocycles. The van der Waals surface area contributed by atoms with Crippen LogP contribution in [0.1, 0.15) is 75.0 Å². The molecule has 4 amide bonds. The zero-order valence-corrected chi connectivity index (χ0v) is 28.0. The molecule has 0 aromatic heterocycles. The number of benzene rings is 1. The van der Waals surface area contributed by atoms with Crippen LogP contribution in [0, 0.1) is 11.7 Å². The SMILES string of the molecule is COCC1c2cccc(F)c2CCN1C(=O)O[C@@H]1CC2C(=O)N[C@]3(C(=O)NS(=O)(=O)C4CC4)C[C@@H]3/C=C\CCCCC[C@H]([NH3+])C(=O)N2C1. The second-order valence-corrected chi connectivity index (χ2v) is 15.6. The number of carbonyl (C=O) groups is 4. The summed E-state index contributed by atoms with van der Waals surface area (Å²) in [6, 6.07) is 2.42. The van der Waals surface area contributed by atoms with Crippen molar-refractivity contribution in [3.05, 3.63) is 47.3 Å². The lowest BCUT2D eigenvalue weighted by molar-refractivity contribution is -0.407. The van der Waals surface area contributed by atoms with Gasteiger partial charge in [-0.15, -0.1) is 0 Å². The third-order valence-electron chi connectivity index (χ3n) is 10.3. The molecule has 3 fully saturated rings. The monoisotopic (exact) mass is 690 g/mol. The van der Waals surface area contributed by atoms with Crippen molar-refractivity contribution >= 4 is 33.8 Å². The molecule has 6 rings (SSSR count). The number of fused-ring (bicyclic) bond motifs is 3. The number of nitrogens with one attached hydrogen (secondary N) is 2. The van der Waals surface area contributed by atoms with Crippen molar-refractivity contribution in [2.75, 3.05) is 26.8 Å². The fraction of sp³-hybridized carbons (Fsp3) is 0.636. The van der Waals surface area contributed by atoms with Crippen molar-refractivity contribution in [3.63, 3.8) is 0 Å². The Kier molecular flexibility index (Phi) is 9.83. The summed E-state index contributed by atoms with van der Waals surface area (Å²) in [5, 5.41) is 2.20. The summed E-state index contributed by atoms with van der Waals surface area (Å²) in [7, 11) is -2.37. The number of nitrogens with zero attached hydrogens (tertiary/aromatic N) is 2. The largest absolute Gasteiger partial charge is 0.444 e. The van der Waals surface area contributed by atoms with Crippen LogP contribution in [-0.2, 0) is 40.3 Å². The van der Waals surface area contributed by atoms with Crippen molar-refractivity contribution in [3.8, 4) is 0 Å². The summed E-state index contributed by atoms with van der Waals surface area (Å²) < 4.78 is 53.4. The van der Waals surface area contributed by atoms with Gasteiger partial charge in [-0.05, 0) is 62.1 Å².